The highest BCUT2D eigenvalue weighted by atomic mass is 32.2. The summed E-state index contributed by atoms with van der Waals surface area (Å²) in [6.45, 7) is 15.4. The van der Waals surface area contributed by atoms with Crippen LogP contribution in [0, 0.1) is 13.8 Å². The fourth-order valence-corrected chi connectivity index (χ4v) is 4.68. The second-order valence-corrected chi connectivity index (χ2v) is 11.3. The summed E-state index contributed by atoms with van der Waals surface area (Å²) in [5, 5.41) is 18.4. The molecule has 0 unspecified atom stereocenters. The van der Waals surface area contributed by atoms with Gasteiger partial charge in [0.05, 0.1) is 9.79 Å². The molecular formula is C26H34O6S. The molecule has 0 spiro atoms. The van der Waals surface area contributed by atoms with Crippen LogP contribution in [0.4, 0.5) is 0 Å². The van der Waals surface area contributed by atoms with E-state index in [9.17, 15) is 19.8 Å². The van der Waals surface area contributed by atoms with Gasteiger partial charge in [0.25, 0.3) is 0 Å². The predicted molar refractivity (Wildman–Crippen MR) is 130 cm³/mol. The number of benzene rings is 2. The lowest BCUT2D eigenvalue weighted by atomic mass is 9.85. The highest BCUT2D eigenvalue weighted by Crippen LogP contribution is 2.47. The molecule has 0 aromatic heterocycles. The van der Waals surface area contributed by atoms with Crippen molar-refractivity contribution in [1.29, 1.82) is 0 Å². The first kappa shape index (κ1) is 26.6. The molecule has 0 bridgehead atoms. The normalized spacial score (nSPS) is 11.9. The van der Waals surface area contributed by atoms with E-state index in [4.69, 9.17) is 9.47 Å². The van der Waals surface area contributed by atoms with Crippen LogP contribution in [-0.4, -0.2) is 35.4 Å². The minimum atomic E-state index is -1.05. The Balaban J connectivity index is 2.72. The van der Waals surface area contributed by atoms with E-state index < -0.39 is 25.2 Å². The molecule has 0 fully saturated rings. The van der Waals surface area contributed by atoms with Crippen molar-refractivity contribution in [3.63, 3.8) is 0 Å². The van der Waals surface area contributed by atoms with Crippen molar-refractivity contribution in [3.05, 3.63) is 46.5 Å². The first-order chi connectivity index (χ1) is 15.1. The van der Waals surface area contributed by atoms with E-state index in [0.717, 1.165) is 32.0 Å². The minimum Gasteiger partial charge on any atom is -0.480 e. The van der Waals surface area contributed by atoms with Gasteiger partial charge in [0.2, 0.25) is 0 Å². The van der Waals surface area contributed by atoms with Crippen LogP contribution in [-0.2, 0) is 20.4 Å². The van der Waals surface area contributed by atoms with Gasteiger partial charge in [0.15, 0.2) is 13.2 Å². The zero-order valence-electron chi connectivity index (χ0n) is 20.7. The minimum absolute atomic E-state index is 0.277. The van der Waals surface area contributed by atoms with Gasteiger partial charge < -0.3 is 19.7 Å². The molecule has 6 nitrogen and oxygen atoms in total. The van der Waals surface area contributed by atoms with Crippen LogP contribution in [0.5, 0.6) is 11.5 Å². The van der Waals surface area contributed by atoms with Gasteiger partial charge in [-0.05, 0) is 47.9 Å². The summed E-state index contributed by atoms with van der Waals surface area (Å²) in [5.41, 5.74) is 3.29. The maximum absolute atomic E-state index is 11.3. The van der Waals surface area contributed by atoms with Crippen molar-refractivity contribution in [2.24, 2.45) is 0 Å². The quantitative estimate of drug-likeness (QED) is 0.486. The number of rotatable bonds is 8. The number of ether oxygens (including phenoxy) is 2. The van der Waals surface area contributed by atoms with Gasteiger partial charge in [-0.25, -0.2) is 9.59 Å². The van der Waals surface area contributed by atoms with Gasteiger partial charge in [0, 0.05) is 11.1 Å². The van der Waals surface area contributed by atoms with E-state index >= 15 is 0 Å². The number of carboxylic acid groups (broad SMARTS) is 2. The molecule has 7 heteroatoms. The summed E-state index contributed by atoms with van der Waals surface area (Å²) in [5.74, 6) is -1.07. The molecular weight excluding hydrogens is 440 g/mol. The summed E-state index contributed by atoms with van der Waals surface area (Å²) in [6.07, 6.45) is 0. The molecule has 0 atom stereocenters. The molecule has 0 amide bonds. The van der Waals surface area contributed by atoms with Crippen LogP contribution in [0.1, 0.15) is 63.8 Å². The molecule has 33 heavy (non-hydrogen) atoms. The number of aryl methyl sites for hydroxylation is 2. The predicted octanol–water partition coefficient (Wildman–Crippen LogP) is 5.98. The highest BCUT2D eigenvalue weighted by Gasteiger charge is 2.27. The van der Waals surface area contributed by atoms with E-state index in [1.165, 1.54) is 11.8 Å². The van der Waals surface area contributed by atoms with Crippen molar-refractivity contribution < 1.29 is 29.3 Å². The lowest BCUT2D eigenvalue weighted by molar-refractivity contribution is -0.140. The lowest BCUT2D eigenvalue weighted by Crippen LogP contribution is -2.18. The van der Waals surface area contributed by atoms with Gasteiger partial charge in [-0.3, -0.25) is 0 Å². The number of hydrogen-bond donors (Lipinski definition) is 2. The van der Waals surface area contributed by atoms with E-state index in [0.29, 0.717) is 11.5 Å². The Bertz CT molecular complexity index is 961. The highest BCUT2D eigenvalue weighted by molar-refractivity contribution is 7.99. The van der Waals surface area contributed by atoms with E-state index in [1.54, 1.807) is 0 Å². The zero-order chi connectivity index (χ0) is 25.1. The zero-order valence-corrected chi connectivity index (χ0v) is 21.5. The fourth-order valence-electron chi connectivity index (χ4n) is 3.43. The first-order valence-corrected chi connectivity index (χ1v) is 11.6. The van der Waals surface area contributed by atoms with Crippen LogP contribution < -0.4 is 9.47 Å². The molecule has 180 valence electrons. The molecule has 0 saturated heterocycles. The van der Waals surface area contributed by atoms with E-state index in [-0.39, 0.29) is 10.8 Å². The molecule has 0 heterocycles. The Labute approximate surface area is 200 Å². The Morgan fingerprint density at radius 3 is 1.33 bits per heavy atom. The number of aliphatic carboxylic acids is 2. The second-order valence-electron chi connectivity index (χ2n) is 10.2. The Morgan fingerprint density at radius 1 is 0.727 bits per heavy atom. The Morgan fingerprint density at radius 2 is 1.06 bits per heavy atom. The average molecular weight is 475 g/mol. The van der Waals surface area contributed by atoms with Gasteiger partial charge in [0.1, 0.15) is 11.5 Å². The molecule has 2 aromatic rings. The summed E-state index contributed by atoms with van der Waals surface area (Å²) >= 11 is 1.40. The smallest absolute Gasteiger partial charge is 0.341 e. The molecule has 0 radical (unpaired) electrons. The van der Waals surface area contributed by atoms with Crippen LogP contribution in [0.25, 0.3) is 0 Å². The van der Waals surface area contributed by atoms with Gasteiger partial charge >= 0.3 is 11.9 Å². The van der Waals surface area contributed by atoms with Gasteiger partial charge in [-0.15, -0.1) is 0 Å². The third-order valence-corrected chi connectivity index (χ3v) is 5.96. The molecule has 2 rings (SSSR count). The number of carbonyl (C=O) groups is 2. The third-order valence-electron chi connectivity index (χ3n) is 4.91. The van der Waals surface area contributed by atoms with Crippen molar-refractivity contribution in [3.8, 4) is 11.5 Å². The van der Waals surface area contributed by atoms with Crippen molar-refractivity contribution in [1.82, 2.24) is 0 Å². The summed E-state index contributed by atoms with van der Waals surface area (Å²) in [4.78, 5) is 24.0. The third kappa shape index (κ3) is 7.16. The van der Waals surface area contributed by atoms with Gasteiger partial charge in [-0.2, -0.15) is 0 Å². The van der Waals surface area contributed by atoms with Crippen LogP contribution >= 0.6 is 11.8 Å². The first-order valence-electron chi connectivity index (χ1n) is 10.8. The Hall–Kier alpha value is -2.67. The van der Waals surface area contributed by atoms with E-state index in [2.05, 4.69) is 41.5 Å². The summed E-state index contributed by atoms with van der Waals surface area (Å²) < 4.78 is 11.6. The molecule has 0 aliphatic carbocycles. The van der Waals surface area contributed by atoms with Crippen molar-refractivity contribution in [2.45, 2.75) is 76.0 Å². The standard InChI is InChI=1S/C26H34O6S/c1-15-9-17(25(3,4)5)23(31-13-21(27)28)19(11-15)33-20-12-16(2)10-18(26(6,7)8)24(20)32-14-22(29)30/h9-12H,13-14H2,1-8H3,(H,27,28)(H,29,30). The van der Waals surface area contributed by atoms with E-state index in [1.807, 2.05) is 38.1 Å². The topological polar surface area (TPSA) is 93.1 Å². The molecule has 2 aromatic carbocycles. The average Bonchev–Trinajstić information content (AvgIpc) is 2.63. The largest absolute Gasteiger partial charge is 0.480 e. The van der Waals surface area contributed by atoms with Crippen LogP contribution in [0.2, 0.25) is 0 Å². The fraction of sp³-hybridized carbons (Fsp3) is 0.462. The lowest BCUT2D eigenvalue weighted by Gasteiger charge is -2.27. The van der Waals surface area contributed by atoms with Crippen LogP contribution in [0.15, 0.2) is 34.1 Å². The molecule has 2 N–H and O–H groups in total. The second kappa shape index (κ2) is 10.1. The molecule has 0 aliphatic rings. The van der Waals surface area contributed by atoms with Crippen molar-refractivity contribution in [2.75, 3.05) is 13.2 Å². The summed E-state index contributed by atoms with van der Waals surface area (Å²) in [7, 11) is 0. The number of hydrogen-bond acceptors (Lipinski definition) is 5. The molecule has 0 saturated carbocycles. The van der Waals surface area contributed by atoms with Crippen molar-refractivity contribution >= 4 is 23.7 Å². The number of carboxylic acids is 2. The summed E-state index contributed by atoms with van der Waals surface area (Å²) in [6, 6.07) is 7.94. The maximum atomic E-state index is 11.3. The van der Waals surface area contributed by atoms with Crippen LogP contribution in [0.3, 0.4) is 0 Å². The molecule has 0 aliphatic heterocycles. The maximum Gasteiger partial charge on any atom is 0.341 e. The Kier molecular flexibility index (Phi) is 8.12. The SMILES string of the molecule is Cc1cc(Sc2cc(C)cc(C(C)(C)C)c2OCC(=O)O)c(OCC(=O)O)c(C(C)(C)C)c1. The monoisotopic (exact) mass is 474 g/mol. The van der Waals surface area contributed by atoms with Gasteiger partial charge in [-0.1, -0.05) is 65.4 Å².